The highest BCUT2D eigenvalue weighted by Crippen LogP contribution is 2.29. The van der Waals surface area contributed by atoms with Crippen LogP contribution in [0.2, 0.25) is 0 Å². The fourth-order valence-electron chi connectivity index (χ4n) is 2.97. The van der Waals surface area contributed by atoms with Crippen LogP contribution in [0, 0.1) is 0 Å². The van der Waals surface area contributed by atoms with Gasteiger partial charge in [0.05, 0.1) is 5.69 Å². The number of likely N-dealkylation sites (tertiary alicyclic amines) is 1. The number of aromatic nitrogens is 1. The summed E-state index contributed by atoms with van der Waals surface area (Å²) in [6, 6.07) is 0. The predicted octanol–water partition coefficient (Wildman–Crippen LogP) is 1.17. The lowest BCUT2D eigenvalue weighted by Gasteiger charge is -2.14. The number of rotatable bonds is 4. The maximum atomic E-state index is 11.9. The van der Waals surface area contributed by atoms with Crippen molar-refractivity contribution in [2.24, 2.45) is 0 Å². The molecule has 2 aliphatic rings. The minimum Gasteiger partial charge on any atom is -0.347 e. The van der Waals surface area contributed by atoms with Gasteiger partial charge in [0.2, 0.25) is 0 Å². The van der Waals surface area contributed by atoms with E-state index in [1.807, 2.05) is 0 Å². The number of carbonyl (C=O) groups excluding carboxylic acids is 2. The molecule has 1 aromatic rings. The van der Waals surface area contributed by atoms with Crippen molar-refractivity contribution >= 4 is 28.3 Å². The van der Waals surface area contributed by atoms with Gasteiger partial charge in [0, 0.05) is 18.0 Å². The summed E-state index contributed by atoms with van der Waals surface area (Å²) in [5.41, 5.74) is 1.08. The Morgan fingerprint density at radius 2 is 1.86 bits per heavy atom. The van der Waals surface area contributed by atoms with E-state index in [0.29, 0.717) is 11.7 Å². The number of nitrogens with zero attached hydrogens (tertiary/aromatic N) is 2. The van der Waals surface area contributed by atoms with Crippen LogP contribution in [0.1, 0.15) is 36.3 Å². The normalized spacial score (nSPS) is 18.0. The van der Waals surface area contributed by atoms with Gasteiger partial charge in [-0.05, 0) is 51.6 Å². The van der Waals surface area contributed by atoms with E-state index in [0.717, 1.165) is 44.6 Å². The van der Waals surface area contributed by atoms with Crippen LogP contribution >= 0.6 is 11.3 Å². The molecule has 22 heavy (non-hydrogen) atoms. The van der Waals surface area contributed by atoms with Crippen molar-refractivity contribution in [1.82, 2.24) is 15.2 Å². The molecule has 0 spiro atoms. The summed E-state index contributed by atoms with van der Waals surface area (Å²) >= 11 is 1.49. The molecular formula is C15H22N4O2S. The summed E-state index contributed by atoms with van der Waals surface area (Å²) in [6.07, 6.45) is 6.79. The van der Waals surface area contributed by atoms with Crippen LogP contribution < -0.4 is 10.6 Å². The quantitative estimate of drug-likeness (QED) is 0.816. The molecule has 6 nitrogen and oxygen atoms in total. The zero-order valence-corrected chi connectivity index (χ0v) is 13.5. The van der Waals surface area contributed by atoms with Gasteiger partial charge in [-0.1, -0.05) is 0 Å². The first-order chi connectivity index (χ1) is 10.7. The number of amides is 2. The summed E-state index contributed by atoms with van der Waals surface area (Å²) in [4.78, 5) is 31.6. The molecule has 1 aliphatic carbocycles. The highest BCUT2D eigenvalue weighted by atomic mass is 32.1. The highest BCUT2D eigenvalue weighted by molar-refractivity contribution is 7.16. The molecule has 0 unspecified atom stereocenters. The minimum absolute atomic E-state index is 0.515. The molecule has 0 bridgehead atoms. The zero-order chi connectivity index (χ0) is 15.4. The Morgan fingerprint density at radius 1 is 1.09 bits per heavy atom. The van der Waals surface area contributed by atoms with Crippen LogP contribution in [-0.4, -0.2) is 47.9 Å². The number of anilines is 1. The molecule has 120 valence electrons. The largest absolute Gasteiger partial charge is 0.347 e. The Balaban J connectivity index is 1.44. The van der Waals surface area contributed by atoms with Crippen LogP contribution in [0.4, 0.5) is 5.13 Å². The van der Waals surface area contributed by atoms with Crippen molar-refractivity contribution in [3.63, 3.8) is 0 Å². The predicted molar refractivity (Wildman–Crippen MR) is 86.1 cm³/mol. The molecule has 1 fully saturated rings. The van der Waals surface area contributed by atoms with Gasteiger partial charge in [-0.2, -0.15) is 0 Å². The van der Waals surface area contributed by atoms with Gasteiger partial charge in [0.25, 0.3) is 0 Å². The number of aryl methyl sites for hydroxylation is 2. The van der Waals surface area contributed by atoms with Crippen LogP contribution in [0.25, 0.3) is 0 Å². The first kappa shape index (κ1) is 15.4. The average Bonchev–Trinajstić information content (AvgIpc) is 3.15. The Bertz CT molecular complexity index is 528. The standard InChI is InChI=1S/C15H22N4O2S/c20-13(16-7-10-19-8-3-4-9-19)14(21)18-15-17-11-5-1-2-6-12(11)22-15/h1-10H2,(H,16,20)(H,17,18,21). The first-order valence-corrected chi connectivity index (χ1v) is 8.84. The Morgan fingerprint density at radius 3 is 2.64 bits per heavy atom. The van der Waals surface area contributed by atoms with Crippen molar-refractivity contribution in [1.29, 1.82) is 0 Å². The van der Waals surface area contributed by atoms with Crippen LogP contribution in [0.5, 0.6) is 0 Å². The maximum Gasteiger partial charge on any atom is 0.315 e. The third kappa shape index (κ3) is 3.84. The van der Waals surface area contributed by atoms with Crippen LogP contribution in [0.15, 0.2) is 0 Å². The molecule has 0 aromatic carbocycles. The maximum absolute atomic E-state index is 11.9. The Labute approximate surface area is 134 Å². The lowest BCUT2D eigenvalue weighted by molar-refractivity contribution is -0.136. The monoisotopic (exact) mass is 322 g/mol. The van der Waals surface area contributed by atoms with Crippen LogP contribution in [-0.2, 0) is 22.4 Å². The van der Waals surface area contributed by atoms with E-state index in [4.69, 9.17) is 0 Å². The summed E-state index contributed by atoms with van der Waals surface area (Å²) in [5, 5.41) is 5.84. The fraction of sp³-hybridized carbons (Fsp3) is 0.667. The molecule has 0 atom stereocenters. The molecule has 2 amide bonds. The molecule has 2 heterocycles. The van der Waals surface area contributed by atoms with Crippen molar-refractivity contribution in [2.75, 3.05) is 31.5 Å². The van der Waals surface area contributed by atoms with Gasteiger partial charge in [0.15, 0.2) is 5.13 Å². The van der Waals surface area contributed by atoms with E-state index in [1.165, 1.54) is 35.5 Å². The van der Waals surface area contributed by atoms with Crippen molar-refractivity contribution < 1.29 is 9.59 Å². The van der Waals surface area contributed by atoms with E-state index < -0.39 is 11.8 Å². The van der Waals surface area contributed by atoms with Gasteiger partial charge in [-0.15, -0.1) is 11.3 Å². The van der Waals surface area contributed by atoms with E-state index in [2.05, 4.69) is 20.5 Å². The van der Waals surface area contributed by atoms with Crippen molar-refractivity contribution in [3.8, 4) is 0 Å². The zero-order valence-electron chi connectivity index (χ0n) is 12.7. The SMILES string of the molecule is O=C(NCCN1CCCC1)C(=O)Nc1nc2c(s1)CCCC2. The molecular weight excluding hydrogens is 300 g/mol. The molecule has 7 heteroatoms. The van der Waals surface area contributed by atoms with Gasteiger partial charge in [-0.3, -0.25) is 14.9 Å². The number of hydrogen-bond donors (Lipinski definition) is 2. The Kier molecular flexibility index (Phi) is 5.04. The fourth-order valence-corrected chi connectivity index (χ4v) is 4.02. The third-order valence-electron chi connectivity index (χ3n) is 4.18. The number of nitrogens with one attached hydrogen (secondary N) is 2. The lowest BCUT2D eigenvalue weighted by atomic mass is 10.0. The van der Waals surface area contributed by atoms with Gasteiger partial charge in [0.1, 0.15) is 0 Å². The number of hydrogen-bond acceptors (Lipinski definition) is 5. The highest BCUT2D eigenvalue weighted by Gasteiger charge is 2.19. The molecule has 0 radical (unpaired) electrons. The van der Waals surface area contributed by atoms with E-state index in [9.17, 15) is 9.59 Å². The Hall–Kier alpha value is -1.47. The molecule has 3 rings (SSSR count). The lowest BCUT2D eigenvalue weighted by Crippen LogP contribution is -2.39. The smallest absolute Gasteiger partial charge is 0.315 e. The first-order valence-electron chi connectivity index (χ1n) is 8.02. The molecule has 1 saturated heterocycles. The van der Waals surface area contributed by atoms with E-state index in [-0.39, 0.29) is 0 Å². The number of thiazole rings is 1. The van der Waals surface area contributed by atoms with Crippen molar-refractivity contribution in [3.05, 3.63) is 10.6 Å². The van der Waals surface area contributed by atoms with Gasteiger partial charge >= 0.3 is 11.8 Å². The second kappa shape index (κ2) is 7.19. The second-order valence-electron chi connectivity index (χ2n) is 5.85. The summed E-state index contributed by atoms with van der Waals surface area (Å²) < 4.78 is 0. The topological polar surface area (TPSA) is 74.3 Å². The van der Waals surface area contributed by atoms with Gasteiger partial charge < -0.3 is 10.2 Å². The number of fused-ring (bicyclic) bond motifs is 1. The van der Waals surface area contributed by atoms with Crippen LogP contribution in [0.3, 0.4) is 0 Å². The second-order valence-corrected chi connectivity index (χ2v) is 6.94. The van der Waals surface area contributed by atoms with Gasteiger partial charge in [-0.25, -0.2) is 4.98 Å². The summed E-state index contributed by atoms with van der Waals surface area (Å²) in [6.45, 7) is 3.50. The minimum atomic E-state index is -0.618. The summed E-state index contributed by atoms with van der Waals surface area (Å²) in [7, 11) is 0. The van der Waals surface area contributed by atoms with Crippen molar-refractivity contribution in [2.45, 2.75) is 38.5 Å². The third-order valence-corrected chi connectivity index (χ3v) is 5.26. The summed E-state index contributed by atoms with van der Waals surface area (Å²) in [5.74, 6) is -1.19. The average molecular weight is 322 g/mol. The molecule has 1 aliphatic heterocycles. The number of carbonyl (C=O) groups is 2. The van der Waals surface area contributed by atoms with E-state index in [1.54, 1.807) is 0 Å². The molecule has 2 N–H and O–H groups in total. The molecule has 1 aromatic heterocycles. The molecule has 0 saturated carbocycles. The van der Waals surface area contributed by atoms with E-state index >= 15 is 0 Å².